The predicted octanol–water partition coefficient (Wildman–Crippen LogP) is 3.06. The zero-order chi connectivity index (χ0) is 20.3. The standard InChI is InChI=1S/C21H28N4O3/c1-14(2)11-20(26)22-15-5-6-18-16(12-15)17(21(27)28)13-19(23-18)25-8-4-7-24(3)9-10-25/h5-6,12-14H,4,7-11H2,1-3H3,(H,22,26)(H,27,28). The number of hydrogen-bond acceptors (Lipinski definition) is 5. The Morgan fingerprint density at radius 1 is 1.18 bits per heavy atom. The van der Waals surface area contributed by atoms with Crippen LogP contribution in [-0.2, 0) is 4.79 Å². The summed E-state index contributed by atoms with van der Waals surface area (Å²) in [6.07, 6.45) is 1.43. The van der Waals surface area contributed by atoms with Crippen molar-refractivity contribution < 1.29 is 14.7 Å². The summed E-state index contributed by atoms with van der Waals surface area (Å²) < 4.78 is 0. The maximum absolute atomic E-state index is 12.0. The van der Waals surface area contributed by atoms with Crippen LogP contribution >= 0.6 is 0 Å². The van der Waals surface area contributed by atoms with Crippen LogP contribution in [0.1, 0.15) is 37.0 Å². The van der Waals surface area contributed by atoms with E-state index in [2.05, 4.69) is 22.2 Å². The summed E-state index contributed by atoms with van der Waals surface area (Å²) in [6, 6.07) is 6.90. The third-order valence-corrected chi connectivity index (χ3v) is 4.95. The molecule has 1 aromatic heterocycles. The van der Waals surface area contributed by atoms with E-state index in [1.807, 2.05) is 13.8 Å². The number of anilines is 2. The Morgan fingerprint density at radius 3 is 2.68 bits per heavy atom. The van der Waals surface area contributed by atoms with Crippen LogP contribution in [0.15, 0.2) is 24.3 Å². The van der Waals surface area contributed by atoms with Gasteiger partial charge >= 0.3 is 5.97 Å². The van der Waals surface area contributed by atoms with Crippen LogP contribution in [-0.4, -0.2) is 60.1 Å². The molecule has 28 heavy (non-hydrogen) atoms. The molecule has 0 unspecified atom stereocenters. The van der Waals surface area contributed by atoms with Gasteiger partial charge in [-0.05, 0) is 50.2 Å². The minimum Gasteiger partial charge on any atom is -0.478 e. The predicted molar refractivity (Wildman–Crippen MR) is 111 cm³/mol. The minimum atomic E-state index is -0.994. The number of rotatable bonds is 5. The summed E-state index contributed by atoms with van der Waals surface area (Å²) in [4.78, 5) is 33.1. The number of aromatic carboxylic acids is 1. The number of benzene rings is 1. The monoisotopic (exact) mass is 384 g/mol. The molecule has 3 rings (SSSR count). The fourth-order valence-corrected chi connectivity index (χ4v) is 3.49. The van der Waals surface area contributed by atoms with E-state index < -0.39 is 5.97 Å². The maximum Gasteiger partial charge on any atom is 0.336 e. The molecule has 7 nitrogen and oxygen atoms in total. The van der Waals surface area contributed by atoms with E-state index in [0.717, 1.165) is 32.6 Å². The third kappa shape index (κ3) is 4.78. The Kier molecular flexibility index (Phi) is 6.14. The van der Waals surface area contributed by atoms with Crippen molar-refractivity contribution in [3.63, 3.8) is 0 Å². The highest BCUT2D eigenvalue weighted by molar-refractivity contribution is 6.05. The number of hydrogen-bond donors (Lipinski definition) is 2. The second kappa shape index (κ2) is 8.56. The number of carboxylic acids is 1. The fraction of sp³-hybridized carbons (Fsp3) is 0.476. The van der Waals surface area contributed by atoms with Gasteiger partial charge in [-0.2, -0.15) is 0 Å². The van der Waals surface area contributed by atoms with Crippen molar-refractivity contribution >= 4 is 34.3 Å². The van der Waals surface area contributed by atoms with Crippen molar-refractivity contribution in [1.29, 1.82) is 0 Å². The molecule has 7 heteroatoms. The van der Waals surface area contributed by atoms with Gasteiger partial charge in [0.2, 0.25) is 5.91 Å². The topological polar surface area (TPSA) is 85.8 Å². The van der Waals surface area contributed by atoms with E-state index >= 15 is 0 Å². The van der Waals surface area contributed by atoms with Crippen LogP contribution in [0, 0.1) is 5.92 Å². The smallest absolute Gasteiger partial charge is 0.336 e. The molecule has 150 valence electrons. The Bertz CT molecular complexity index is 881. The molecule has 1 aliphatic heterocycles. The van der Waals surface area contributed by atoms with Gasteiger partial charge in [0.1, 0.15) is 5.82 Å². The summed E-state index contributed by atoms with van der Waals surface area (Å²) >= 11 is 0. The lowest BCUT2D eigenvalue weighted by molar-refractivity contribution is -0.116. The van der Waals surface area contributed by atoms with Crippen LogP contribution in [0.3, 0.4) is 0 Å². The molecule has 1 saturated heterocycles. The number of nitrogens with one attached hydrogen (secondary N) is 1. The number of carboxylic acid groups (broad SMARTS) is 1. The van der Waals surface area contributed by atoms with Crippen LogP contribution in [0.2, 0.25) is 0 Å². The molecule has 1 amide bonds. The van der Waals surface area contributed by atoms with Crippen molar-refractivity contribution in [3.05, 3.63) is 29.8 Å². The van der Waals surface area contributed by atoms with Gasteiger partial charge in [0.25, 0.3) is 0 Å². The quantitative estimate of drug-likeness (QED) is 0.824. The summed E-state index contributed by atoms with van der Waals surface area (Å²) in [5, 5.41) is 13.1. The summed E-state index contributed by atoms with van der Waals surface area (Å²) in [7, 11) is 2.09. The second-order valence-corrected chi connectivity index (χ2v) is 7.86. The highest BCUT2D eigenvalue weighted by Gasteiger charge is 2.18. The zero-order valence-corrected chi connectivity index (χ0v) is 16.7. The normalized spacial score (nSPS) is 15.6. The Balaban J connectivity index is 1.94. The molecule has 0 atom stereocenters. The molecule has 0 saturated carbocycles. The molecule has 0 aliphatic carbocycles. The molecular weight excluding hydrogens is 356 g/mol. The lowest BCUT2D eigenvalue weighted by Gasteiger charge is -2.22. The minimum absolute atomic E-state index is 0.0792. The molecule has 1 fully saturated rings. The number of likely N-dealkylation sites (N-methyl/N-ethyl adjacent to an activating group) is 1. The van der Waals surface area contributed by atoms with Gasteiger partial charge in [-0.3, -0.25) is 4.79 Å². The van der Waals surface area contributed by atoms with Gasteiger partial charge in [0.15, 0.2) is 0 Å². The Hall–Kier alpha value is -2.67. The number of nitrogens with zero attached hydrogens (tertiary/aromatic N) is 3. The number of pyridine rings is 1. The van der Waals surface area contributed by atoms with Crippen molar-refractivity contribution in [2.45, 2.75) is 26.7 Å². The first-order valence-corrected chi connectivity index (χ1v) is 9.75. The van der Waals surface area contributed by atoms with Crippen LogP contribution in [0.4, 0.5) is 11.5 Å². The molecule has 0 radical (unpaired) electrons. The van der Waals surface area contributed by atoms with Crippen molar-refractivity contribution in [2.24, 2.45) is 5.92 Å². The SMILES string of the molecule is CC(C)CC(=O)Nc1ccc2nc(N3CCCN(C)CC3)cc(C(=O)O)c2c1. The largest absolute Gasteiger partial charge is 0.478 e. The fourth-order valence-electron chi connectivity index (χ4n) is 3.49. The highest BCUT2D eigenvalue weighted by atomic mass is 16.4. The van der Waals surface area contributed by atoms with E-state index in [9.17, 15) is 14.7 Å². The van der Waals surface area contributed by atoms with E-state index in [4.69, 9.17) is 4.98 Å². The molecule has 2 N–H and O–H groups in total. The van der Waals surface area contributed by atoms with E-state index in [1.165, 1.54) is 0 Å². The van der Waals surface area contributed by atoms with E-state index in [-0.39, 0.29) is 17.4 Å². The van der Waals surface area contributed by atoms with Crippen molar-refractivity contribution in [3.8, 4) is 0 Å². The van der Waals surface area contributed by atoms with Crippen molar-refractivity contribution in [1.82, 2.24) is 9.88 Å². The van der Waals surface area contributed by atoms with Gasteiger partial charge in [0, 0.05) is 37.1 Å². The Labute approximate surface area is 165 Å². The first kappa shape index (κ1) is 20.1. The van der Waals surface area contributed by atoms with E-state index in [1.54, 1.807) is 24.3 Å². The molecule has 0 spiro atoms. The average Bonchev–Trinajstić information content (AvgIpc) is 2.84. The van der Waals surface area contributed by atoms with Gasteiger partial charge in [-0.25, -0.2) is 9.78 Å². The first-order valence-electron chi connectivity index (χ1n) is 9.75. The highest BCUT2D eigenvalue weighted by Crippen LogP contribution is 2.27. The van der Waals surface area contributed by atoms with Crippen LogP contribution in [0.5, 0.6) is 0 Å². The van der Waals surface area contributed by atoms with Gasteiger partial charge in [-0.15, -0.1) is 0 Å². The van der Waals surface area contributed by atoms with Crippen LogP contribution in [0.25, 0.3) is 10.9 Å². The van der Waals surface area contributed by atoms with Gasteiger partial charge in [0.05, 0.1) is 11.1 Å². The van der Waals surface area contributed by atoms with E-state index in [0.29, 0.717) is 28.8 Å². The van der Waals surface area contributed by atoms with Gasteiger partial charge < -0.3 is 20.2 Å². The molecular formula is C21H28N4O3. The number of carbonyl (C=O) groups excluding carboxylic acids is 1. The summed E-state index contributed by atoms with van der Waals surface area (Å²) in [6.45, 7) is 7.57. The molecule has 2 heterocycles. The number of amides is 1. The second-order valence-electron chi connectivity index (χ2n) is 7.86. The number of aromatic nitrogens is 1. The molecule has 1 aromatic carbocycles. The molecule has 0 bridgehead atoms. The Morgan fingerprint density at radius 2 is 1.96 bits per heavy atom. The maximum atomic E-state index is 12.0. The molecule has 1 aliphatic rings. The summed E-state index contributed by atoms with van der Waals surface area (Å²) in [5.41, 5.74) is 1.42. The third-order valence-electron chi connectivity index (χ3n) is 4.95. The summed E-state index contributed by atoms with van der Waals surface area (Å²) in [5.74, 6) is -0.125. The van der Waals surface area contributed by atoms with Crippen LogP contribution < -0.4 is 10.2 Å². The first-order chi connectivity index (χ1) is 13.3. The number of carbonyl (C=O) groups is 2. The zero-order valence-electron chi connectivity index (χ0n) is 16.7. The number of fused-ring (bicyclic) bond motifs is 1. The molecule has 2 aromatic rings. The van der Waals surface area contributed by atoms with Gasteiger partial charge in [-0.1, -0.05) is 13.8 Å². The lowest BCUT2D eigenvalue weighted by atomic mass is 10.1. The van der Waals surface area contributed by atoms with Crippen molar-refractivity contribution in [2.75, 3.05) is 43.4 Å². The lowest BCUT2D eigenvalue weighted by Crippen LogP contribution is -2.29. The average molecular weight is 384 g/mol.